The summed E-state index contributed by atoms with van der Waals surface area (Å²) < 4.78 is 15.9. The van der Waals surface area contributed by atoms with E-state index in [1.807, 2.05) is 13.8 Å². The average molecular weight is 310 g/mol. The summed E-state index contributed by atoms with van der Waals surface area (Å²) in [7, 11) is 1.54. The van der Waals surface area contributed by atoms with Crippen molar-refractivity contribution in [3.05, 3.63) is 18.3 Å². The second kappa shape index (κ2) is 9.38. The number of aromatic nitrogens is 1. The fourth-order valence-corrected chi connectivity index (χ4v) is 1.94. The smallest absolute Gasteiger partial charge is 0.256 e. The molecule has 0 bridgehead atoms. The Kier molecular flexibility index (Phi) is 7.84. The lowest BCUT2D eigenvalue weighted by atomic mass is 9.99. The van der Waals surface area contributed by atoms with Gasteiger partial charge in [-0.2, -0.15) is 0 Å². The normalized spacial score (nSPS) is 13.5. The molecule has 1 N–H and O–H groups in total. The Hall–Kier alpha value is -1.66. The molecule has 6 heteroatoms. The maximum Gasteiger partial charge on any atom is 0.256 e. The Bertz CT molecular complexity index is 450. The van der Waals surface area contributed by atoms with Crippen LogP contribution in [0.4, 0.5) is 5.69 Å². The van der Waals surface area contributed by atoms with Crippen LogP contribution in [-0.2, 0) is 14.3 Å². The SMILES string of the molecule is CCCC(C)(OC)C(=O)Nc1ccc(OCCOCC)nc1. The van der Waals surface area contributed by atoms with Crippen LogP contribution >= 0.6 is 0 Å². The first kappa shape index (κ1) is 18.4. The average Bonchev–Trinajstić information content (AvgIpc) is 2.53. The highest BCUT2D eigenvalue weighted by molar-refractivity contribution is 5.96. The van der Waals surface area contributed by atoms with E-state index >= 15 is 0 Å². The van der Waals surface area contributed by atoms with Gasteiger partial charge in [-0.15, -0.1) is 0 Å². The molecule has 1 unspecified atom stereocenters. The summed E-state index contributed by atoms with van der Waals surface area (Å²) >= 11 is 0. The molecule has 0 radical (unpaired) electrons. The van der Waals surface area contributed by atoms with E-state index in [1.54, 1.807) is 32.4 Å². The van der Waals surface area contributed by atoms with Crippen molar-refractivity contribution in [1.29, 1.82) is 0 Å². The van der Waals surface area contributed by atoms with Gasteiger partial charge in [-0.05, 0) is 26.3 Å². The van der Waals surface area contributed by atoms with Crippen molar-refractivity contribution < 1.29 is 19.0 Å². The van der Waals surface area contributed by atoms with Gasteiger partial charge in [0.2, 0.25) is 5.88 Å². The molecule has 0 aliphatic heterocycles. The van der Waals surface area contributed by atoms with Crippen LogP contribution in [0, 0.1) is 0 Å². The van der Waals surface area contributed by atoms with E-state index < -0.39 is 5.60 Å². The van der Waals surface area contributed by atoms with E-state index in [0.29, 0.717) is 37.8 Å². The first-order valence-corrected chi connectivity index (χ1v) is 7.59. The minimum absolute atomic E-state index is 0.177. The quantitative estimate of drug-likeness (QED) is 0.673. The molecule has 0 saturated heterocycles. The molecule has 6 nitrogen and oxygen atoms in total. The fourth-order valence-electron chi connectivity index (χ4n) is 1.94. The van der Waals surface area contributed by atoms with Crippen molar-refractivity contribution >= 4 is 11.6 Å². The summed E-state index contributed by atoms with van der Waals surface area (Å²) in [6.45, 7) is 7.37. The van der Waals surface area contributed by atoms with Gasteiger partial charge in [0, 0.05) is 19.8 Å². The van der Waals surface area contributed by atoms with Crippen LogP contribution in [0.2, 0.25) is 0 Å². The molecule has 0 aromatic carbocycles. The Morgan fingerprint density at radius 3 is 2.64 bits per heavy atom. The van der Waals surface area contributed by atoms with Crippen LogP contribution in [0.15, 0.2) is 18.3 Å². The van der Waals surface area contributed by atoms with Gasteiger partial charge >= 0.3 is 0 Å². The Balaban J connectivity index is 2.54. The van der Waals surface area contributed by atoms with Crippen molar-refractivity contribution in [3.63, 3.8) is 0 Å². The van der Waals surface area contributed by atoms with Gasteiger partial charge in [0.1, 0.15) is 12.2 Å². The number of carbonyl (C=O) groups is 1. The lowest BCUT2D eigenvalue weighted by Crippen LogP contribution is -2.41. The topological polar surface area (TPSA) is 69.7 Å². The van der Waals surface area contributed by atoms with Crippen LogP contribution in [0.3, 0.4) is 0 Å². The van der Waals surface area contributed by atoms with Crippen molar-refractivity contribution in [2.24, 2.45) is 0 Å². The third-order valence-corrected chi connectivity index (χ3v) is 3.33. The van der Waals surface area contributed by atoms with Gasteiger partial charge in [-0.1, -0.05) is 13.3 Å². The first-order valence-electron chi connectivity index (χ1n) is 7.59. The van der Waals surface area contributed by atoms with Crippen molar-refractivity contribution in [1.82, 2.24) is 4.98 Å². The predicted molar refractivity (Wildman–Crippen MR) is 85.2 cm³/mol. The minimum Gasteiger partial charge on any atom is -0.475 e. The number of amides is 1. The first-order chi connectivity index (χ1) is 10.6. The number of methoxy groups -OCH3 is 1. The van der Waals surface area contributed by atoms with Crippen LogP contribution in [-0.4, -0.2) is 43.4 Å². The van der Waals surface area contributed by atoms with Gasteiger partial charge in [-0.25, -0.2) is 4.98 Å². The molecule has 0 fully saturated rings. The molecule has 0 spiro atoms. The predicted octanol–water partition coefficient (Wildman–Crippen LogP) is 2.64. The maximum absolute atomic E-state index is 12.3. The second-order valence-corrected chi connectivity index (χ2v) is 5.07. The van der Waals surface area contributed by atoms with E-state index in [4.69, 9.17) is 14.2 Å². The van der Waals surface area contributed by atoms with Gasteiger partial charge in [-0.3, -0.25) is 4.79 Å². The van der Waals surface area contributed by atoms with Gasteiger partial charge < -0.3 is 19.5 Å². The molecule has 22 heavy (non-hydrogen) atoms. The summed E-state index contributed by atoms with van der Waals surface area (Å²) in [5.41, 5.74) is -0.219. The van der Waals surface area contributed by atoms with E-state index in [2.05, 4.69) is 10.3 Å². The highest BCUT2D eigenvalue weighted by Crippen LogP contribution is 2.20. The highest BCUT2D eigenvalue weighted by atomic mass is 16.5. The van der Waals surface area contributed by atoms with Gasteiger partial charge in [0.25, 0.3) is 5.91 Å². The van der Waals surface area contributed by atoms with Crippen LogP contribution in [0.25, 0.3) is 0 Å². The van der Waals surface area contributed by atoms with E-state index in [0.717, 1.165) is 6.42 Å². The molecule has 0 aliphatic carbocycles. The molecule has 1 aromatic heterocycles. The van der Waals surface area contributed by atoms with Crippen LogP contribution < -0.4 is 10.1 Å². The van der Waals surface area contributed by atoms with E-state index in [1.165, 1.54) is 0 Å². The van der Waals surface area contributed by atoms with Gasteiger partial charge in [0.05, 0.1) is 18.5 Å². The lowest BCUT2D eigenvalue weighted by molar-refractivity contribution is -0.136. The summed E-state index contributed by atoms with van der Waals surface area (Å²) in [6.07, 6.45) is 3.08. The summed E-state index contributed by atoms with van der Waals surface area (Å²) in [4.78, 5) is 16.4. The number of hydrogen-bond donors (Lipinski definition) is 1. The maximum atomic E-state index is 12.3. The number of carbonyl (C=O) groups excluding carboxylic acids is 1. The summed E-state index contributed by atoms with van der Waals surface area (Å²) in [5, 5.41) is 2.82. The number of pyridine rings is 1. The number of rotatable bonds is 10. The van der Waals surface area contributed by atoms with Crippen molar-refractivity contribution in [3.8, 4) is 5.88 Å². The zero-order valence-electron chi connectivity index (χ0n) is 13.8. The van der Waals surface area contributed by atoms with Gasteiger partial charge in [0.15, 0.2) is 0 Å². The molecule has 1 rings (SSSR count). The third kappa shape index (κ3) is 5.61. The lowest BCUT2D eigenvalue weighted by Gasteiger charge is -2.26. The van der Waals surface area contributed by atoms with E-state index in [9.17, 15) is 4.79 Å². The minimum atomic E-state index is -0.832. The molecule has 0 saturated carbocycles. The zero-order chi connectivity index (χ0) is 16.4. The summed E-state index contributed by atoms with van der Waals surface area (Å²) in [5.74, 6) is 0.324. The molecule has 1 amide bonds. The highest BCUT2D eigenvalue weighted by Gasteiger charge is 2.32. The monoisotopic (exact) mass is 310 g/mol. The molecule has 124 valence electrons. The van der Waals surface area contributed by atoms with E-state index in [-0.39, 0.29) is 5.91 Å². The molecule has 1 atom stereocenters. The number of ether oxygens (including phenoxy) is 3. The molecule has 0 aliphatic rings. The Morgan fingerprint density at radius 1 is 1.32 bits per heavy atom. The number of nitrogens with zero attached hydrogens (tertiary/aromatic N) is 1. The fraction of sp³-hybridized carbons (Fsp3) is 0.625. The Morgan fingerprint density at radius 2 is 2.09 bits per heavy atom. The zero-order valence-corrected chi connectivity index (χ0v) is 13.8. The molecule has 1 heterocycles. The Labute approximate surface area is 132 Å². The standard InChI is InChI=1S/C16H26N2O4/c1-5-9-16(3,20-4)15(19)18-13-7-8-14(17-12-13)22-11-10-21-6-2/h7-8,12H,5-6,9-11H2,1-4H3,(H,18,19). The van der Waals surface area contributed by atoms with Crippen molar-refractivity contribution in [2.75, 3.05) is 32.2 Å². The molecular formula is C16H26N2O4. The summed E-state index contributed by atoms with van der Waals surface area (Å²) in [6, 6.07) is 3.47. The van der Waals surface area contributed by atoms with Crippen LogP contribution in [0.5, 0.6) is 5.88 Å². The van der Waals surface area contributed by atoms with Crippen LogP contribution in [0.1, 0.15) is 33.6 Å². The molecule has 1 aromatic rings. The third-order valence-electron chi connectivity index (χ3n) is 3.33. The number of anilines is 1. The largest absolute Gasteiger partial charge is 0.475 e. The number of hydrogen-bond acceptors (Lipinski definition) is 5. The van der Waals surface area contributed by atoms with Crippen molar-refractivity contribution in [2.45, 2.75) is 39.2 Å². The number of nitrogens with one attached hydrogen (secondary N) is 1. The second-order valence-electron chi connectivity index (χ2n) is 5.07. The molecular weight excluding hydrogens is 284 g/mol.